The summed E-state index contributed by atoms with van der Waals surface area (Å²) in [6.45, 7) is 1.99. The Bertz CT molecular complexity index is 872. The number of alkyl carbamates (subject to hydrolysis) is 1. The van der Waals surface area contributed by atoms with E-state index in [4.69, 9.17) is 4.74 Å². The fourth-order valence-corrected chi connectivity index (χ4v) is 3.00. The van der Waals surface area contributed by atoms with E-state index in [0.29, 0.717) is 12.8 Å². The van der Waals surface area contributed by atoms with Gasteiger partial charge in [0, 0.05) is 12.5 Å². The Labute approximate surface area is 177 Å². The molecule has 1 atom stereocenters. The Morgan fingerprint density at radius 2 is 1.74 bits per heavy atom. The molecule has 2 rings (SSSR count). The number of carbonyl (C=O) groups is 2. The lowest BCUT2D eigenvalue weighted by Crippen LogP contribution is -2.28. The van der Waals surface area contributed by atoms with Gasteiger partial charge >= 0.3 is 12.5 Å². The fraction of sp³-hybridized carbons (Fsp3) is 0.364. The highest BCUT2D eigenvalue weighted by atomic mass is 19.4. The number of hydrogen-bond acceptors (Lipinski definition) is 4. The number of ether oxygens (including phenoxy) is 2. The highest BCUT2D eigenvalue weighted by Crippen LogP contribution is 2.29. The number of halogens is 4. The number of nitrogens with one attached hydrogen (secondary N) is 1. The van der Waals surface area contributed by atoms with Crippen LogP contribution in [0.25, 0.3) is 0 Å². The monoisotopic (exact) mass is 441 g/mol. The molecule has 2 aromatic carbocycles. The first-order chi connectivity index (χ1) is 14.7. The van der Waals surface area contributed by atoms with Gasteiger partial charge in [-0.2, -0.15) is 0 Å². The van der Waals surface area contributed by atoms with Crippen molar-refractivity contribution in [3.8, 4) is 5.75 Å². The first-order valence-corrected chi connectivity index (χ1v) is 9.74. The number of alkyl halides is 3. The maximum Gasteiger partial charge on any atom is 0.573 e. The Hall–Kier alpha value is -3.10. The van der Waals surface area contributed by atoms with E-state index in [9.17, 15) is 27.2 Å². The molecular formula is C22H23F4NO4. The third-order valence-electron chi connectivity index (χ3n) is 4.44. The smallest absolute Gasteiger partial charge is 0.445 e. The average Bonchev–Trinajstić information content (AvgIpc) is 2.72. The van der Waals surface area contributed by atoms with Crippen LogP contribution in [0.4, 0.5) is 22.4 Å². The lowest BCUT2D eigenvalue weighted by Gasteiger charge is -2.17. The van der Waals surface area contributed by atoms with Gasteiger partial charge in [0.2, 0.25) is 0 Å². The van der Waals surface area contributed by atoms with Crippen LogP contribution in [0.2, 0.25) is 0 Å². The van der Waals surface area contributed by atoms with E-state index in [1.54, 1.807) is 12.1 Å². The van der Waals surface area contributed by atoms with Crippen molar-refractivity contribution in [1.29, 1.82) is 0 Å². The van der Waals surface area contributed by atoms with Crippen LogP contribution in [0.5, 0.6) is 5.75 Å². The molecule has 1 N–H and O–H groups in total. The Morgan fingerprint density at radius 1 is 1.03 bits per heavy atom. The molecule has 0 saturated heterocycles. The van der Waals surface area contributed by atoms with Crippen molar-refractivity contribution in [3.63, 3.8) is 0 Å². The molecule has 0 aromatic heterocycles. The number of ketones is 1. The highest BCUT2D eigenvalue weighted by Gasteiger charge is 2.33. The van der Waals surface area contributed by atoms with E-state index >= 15 is 0 Å². The first-order valence-electron chi connectivity index (χ1n) is 9.74. The van der Waals surface area contributed by atoms with Crippen LogP contribution in [0.1, 0.15) is 42.1 Å². The summed E-state index contributed by atoms with van der Waals surface area (Å²) in [6.07, 6.45) is -4.59. The molecule has 2 aromatic rings. The van der Waals surface area contributed by atoms with Crippen molar-refractivity contribution in [2.75, 3.05) is 6.54 Å². The number of amides is 1. The molecule has 0 bridgehead atoms. The predicted molar refractivity (Wildman–Crippen MR) is 105 cm³/mol. The second-order valence-corrected chi connectivity index (χ2v) is 6.79. The van der Waals surface area contributed by atoms with Gasteiger partial charge in [0.25, 0.3) is 0 Å². The molecular weight excluding hydrogens is 418 g/mol. The molecule has 31 heavy (non-hydrogen) atoms. The summed E-state index contributed by atoms with van der Waals surface area (Å²) in [6, 6.07) is 12.1. The van der Waals surface area contributed by atoms with Crippen LogP contribution in [-0.4, -0.2) is 24.8 Å². The van der Waals surface area contributed by atoms with Gasteiger partial charge in [-0.05, 0) is 30.5 Å². The lowest BCUT2D eigenvalue weighted by atomic mass is 9.90. The summed E-state index contributed by atoms with van der Waals surface area (Å²) >= 11 is 0. The topological polar surface area (TPSA) is 64.6 Å². The van der Waals surface area contributed by atoms with E-state index in [2.05, 4.69) is 10.1 Å². The summed E-state index contributed by atoms with van der Waals surface area (Å²) in [7, 11) is 0. The molecule has 168 valence electrons. The van der Waals surface area contributed by atoms with Gasteiger partial charge in [-0.1, -0.05) is 49.7 Å². The SMILES string of the molecule is CCCC(CCNC(=O)OCc1ccccc1)C(=O)c1cccc(OC(F)(F)F)c1F. The molecule has 5 nitrogen and oxygen atoms in total. The zero-order valence-corrected chi connectivity index (χ0v) is 16.9. The third kappa shape index (κ3) is 7.92. The van der Waals surface area contributed by atoms with Gasteiger partial charge in [-0.3, -0.25) is 4.79 Å². The molecule has 0 aliphatic carbocycles. The molecule has 1 unspecified atom stereocenters. The van der Waals surface area contributed by atoms with Gasteiger partial charge in [0.05, 0.1) is 5.56 Å². The maximum absolute atomic E-state index is 14.4. The largest absolute Gasteiger partial charge is 0.573 e. The van der Waals surface area contributed by atoms with Crippen LogP contribution in [0, 0.1) is 11.7 Å². The van der Waals surface area contributed by atoms with Crippen LogP contribution >= 0.6 is 0 Å². The number of hydrogen-bond donors (Lipinski definition) is 1. The average molecular weight is 441 g/mol. The van der Waals surface area contributed by atoms with Gasteiger partial charge in [0.15, 0.2) is 17.3 Å². The summed E-state index contributed by atoms with van der Waals surface area (Å²) < 4.78 is 60.4. The normalized spacial score (nSPS) is 12.2. The third-order valence-corrected chi connectivity index (χ3v) is 4.44. The minimum atomic E-state index is -5.07. The molecule has 0 saturated carbocycles. The highest BCUT2D eigenvalue weighted by molar-refractivity contribution is 5.98. The summed E-state index contributed by atoms with van der Waals surface area (Å²) in [5.74, 6) is -3.75. The predicted octanol–water partition coefficient (Wildman–Crippen LogP) is 5.64. The molecule has 9 heteroatoms. The first kappa shape index (κ1) is 24.2. The Kier molecular flexibility index (Phi) is 8.84. The van der Waals surface area contributed by atoms with Gasteiger partial charge < -0.3 is 14.8 Å². The quantitative estimate of drug-likeness (QED) is 0.383. The second kappa shape index (κ2) is 11.3. The number of Topliss-reactive ketones (excluding diaryl/α,β-unsaturated/α-hetero) is 1. The summed E-state index contributed by atoms with van der Waals surface area (Å²) in [5.41, 5.74) is 0.333. The van der Waals surface area contributed by atoms with Crippen molar-refractivity contribution >= 4 is 11.9 Å². The van der Waals surface area contributed by atoms with Crippen LogP contribution in [0.3, 0.4) is 0 Å². The van der Waals surface area contributed by atoms with Crippen LogP contribution in [0.15, 0.2) is 48.5 Å². The second-order valence-electron chi connectivity index (χ2n) is 6.79. The van der Waals surface area contributed by atoms with Gasteiger partial charge in [-0.25, -0.2) is 9.18 Å². The molecule has 0 heterocycles. The van der Waals surface area contributed by atoms with Crippen LogP contribution < -0.4 is 10.1 Å². The Morgan fingerprint density at radius 3 is 2.39 bits per heavy atom. The summed E-state index contributed by atoms with van der Waals surface area (Å²) in [5, 5.41) is 2.52. The van der Waals surface area contributed by atoms with Gasteiger partial charge in [0.1, 0.15) is 6.61 Å². The zero-order valence-electron chi connectivity index (χ0n) is 16.9. The van der Waals surface area contributed by atoms with Crippen molar-refractivity contribution in [1.82, 2.24) is 5.32 Å². The number of rotatable bonds is 10. The fourth-order valence-electron chi connectivity index (χ4n) is 3.00. The minimum absolute atomic E-state index is 0.0845. The zero-order chi connectivity index (χ0) is 22.9. The minimum Gasteiger partial charge on any atom is -0.445 e. The van der Waals surface area contributed by atoms with Gasteiger partial charge in [-0.15, -0.1) is 13.2 Å². The molecule has 0 aliphatic heterocycles. The number of benzene rings is 2. The van der Waals surface area contributed by atoms with Crippen molar-refractivity contribution < 1.29 is 36.6 Å². The van der Waals surface area contributed by atoms with Crippen molar-refractivity contribution in [3.05, 3.63) is 65.5 Å². The van der Waals surface area contributed by atoms with E-state index in [0.717, 1.165) is 23.8 Å². The maximum atomic E-state index is 14.4. The molecule has 1 amide bonds. The van der Waals surface area contributed by atoms with Crippen molar-refractivity contribution in [2.45, 2.75) is 39.2 Å². The van der Waals surface area contributed by atoms with Crippen LogP contribution in [-0.2, 0) is 11.3 Å². The van der Waals surface area contributed by atoms with E-state index in [-0.39, 0.29) is 19.6 Å². The molecule has 0 radical (unpaired) electrons. The molecule has 0 fully saturated rings. The Balaban J connectivity index is 1.95. The molecule has 0 aliphatic rings. The lowest BCUT2D eigenvalue weighted by molar-refractivity contribution is -0.275. The van der Waals surface area contributed by atoms with E-state index in [1.165, 1.54) is 0 Å². The van der Waals surface area contributed by atoms with E-state index in [1.807, 2.05) is 25.1 Å². The molecule has 0 spiro atoms. The number of carbonyl (C=O) groups excluding carboxylic acids is 2. The standard InChI is InChI=1S/C22H23F4NO4/c1-2-7-16(12-13-27-21(29)30-14-15-8-4-3-5-9-15)20(28)17-10-6-11-18(19(17)23)31-22(24,25)26/h3-6,8-11,16H,2,7,12-14H2,1H3,(H,27,29). The van der Waals surface area contributed by atoms with E-state index < -0.39 is 41.3 Å². The van der Waals surface area contributed by atoms with Crippen molar-refractivity contribution in [2.24, 2.45) is 5.92 Å². The summed E-state index contributed by atoms with van der Waals surface area (Å²) in [4.78, 5) is 24.6.